The highest BCUT2D eigenvalue weighted by Crippen LogP contribution is 2.28. The highest BCUT2D eigenvalue weighted by atomic mass is 16.5. The Bertz CT molecular complexity index is 782. The normalized spacial score (nSPS) is 13.2. The first kappa shape index (κ1) is 14.0. The first-order valence-electron chi connectivity index (χ1n) is 6.74. The van der Waals surface area contributed by atoms with Gasteiger partial charge in [-0.3, -0.25) is 19.3 Å². The summed E-state index contributed by atoms with van der Waals surface area (Å²) in [5.74, 6) is -0.932. The van der Waals surface area contributed by atoms with E-state index >= 15 is 0 Å². The van der Waals surface area contributed by atoms with Crippen molar-refractivity contribution in [3.05, 3.63) is 59.7 Å². The summed E-state index contributed by atoms with van der Waals surface area (Å²) in [6, 6.07) is 13.4. The summed E-state index contributed by atoms with van der Waals surface area (Å²) in [6.45, 7) is -0.172. The molecule has 1 aliphatic heterocycles. The number of anilines is 1. The lowest BCUT2D eigenvalue weighted by Crippen LogP contribution is -2.34. The van der Waals surface area contributed by atoms with Gasteiger partial charge in [0, 0.05) is 5.56 Å². The molecule has 1 aliphatic rings. The number of methoxy groups -OCH3 is 1. The number of carbonyl (C=O) groups is 3. The van der Waals surface area contributed by atoms with Crippen LogP contribution in [0, 0.1) is 0 Å². The minimum Gasteiger partial charge on any atom is -0.497 e. The zero-order chi connectivity index (χ0) is 15.7. The number of ether oxygens (including phenoxy) is 1. The molecule has 0 aliphatic carbocycles. The first-order chi connectivity index (χ1) is 10.6. The van der Waals surface area contributed by atoms with Crippen molar-refractivity contribution in [1.82, 2.24) is 0 Å². The van der Waals surface area contributed by atoms with Gasteiger partial charge in [-0.2, -0.15) is 0 Å². The second kappa shape index (κ2) is 5.44. The van der Waals surface area contributed by atoms with Crippen molar-refractivity contribution in [2.75, 3.05) is 18.6 Å². The van der Waals surface area contributed by atoms with Crippen LogP contribution in [0.3, 0.4) is 0 Å². The molecule has 5 nitrogen and oxygen atoms in total. The van der Waals surface area contributed by atoms with Crippen molar-refractivity contribution >= 4 is 23.2 Å². The predicted octanol–water partition coefficient (Wildman–Crippen LogP) is 2.11. The SMILES string of the molecule is COc1cccc(C(=O)CN2C(=O)C(=O)c3ccccc32)c1. The maximum absolute atomic E-state index is 12.4. The highest BCUT2D eigenvalue weighted by Gasteiger charge is 2.36. The van der Waals surface area contributed by atoms with Gasteiger partial charge in [-0.25, -0.2) is 0 Å². The lowest BCUT2D eigenvalue weighted by molar-refractivity contribution is -0.114. The van der Waals surface area contributed by atoms with E-state index in [1.807, 2.05) is 0 Å². The van der Waals surface area contributed by atoms with Gasteiger partial charge in [-0.15, -0.1) is 0 Å². The maximum Gasteiger partial charge on any atom is 0.299 e. The number of rotatable bonds is 4. The van der Waals surface area contributed by atoms with E-state index in [-0.39, 0.29) is 12.3 Å². The summed E-state index contributed by atoms with van der Waals surface area (Å²) in [7, 11) is 1.52. The molecule has 0 spiro atoms. The Labute approximate surface area is 127 Å². The Morgan fingerprint density at radius 2 is 1.86 bits per heavy atom. The Balaban J connectivity index is 1.88. The van der Waals surface area contributed by atoms with Crippen molar-refractivity contribution in [1.29, 1.82) is 0 Å². The van der Waals surface area contributed by atoms with Crippen LogP contribution in [-0.4, -0.2) is 31.1 Å². The number of hydrogen-bond acceptors (Lipinski definition) is 4. The van der Waals surface area contributed by atoms with Crippen LogP contribution < -0.4 is 9.64 Å². The molecule has 0 N–H and O–H groups in total. The molecule has 2 aromatic carbocycles. The van der Waals surface area contributed by atoms with Gasteiger partial charge in [-0.1, -0.05) is 24.3 Å². The van der Waals surface area contributed by atoms with Gasteiger partial charge < -0.3 is 4.74 Å². The number of Topliss-reactive ketones (excluding diaryl/α,β-unsaturated/α-hetero) is 2. The van der Waals surface area contributed by atoms with Gasteiger partial charge >= 0.3 is 0 Å². The minimum atomic E-state index is -0.669. The summed E-state index contributed by atoms with van der Waals surface area (Å²) in [5.41, 5.74) is 1.25. The zero-order valence-electron chi connectivity index (χ0n) is 11.9. The lowest BCUT2D eigenvalue weighted by Gasteiger charge is -2.15. The van der Waals surface area contributed by atoms with Crippen LogP contribution >= 0.6 is 0 Å². The van der Waals surface area contributed by atoms with E-state index in [1.54, 1.807) is 48.5 Å². The number of hydrogen-bond donors (Lipinski definition) is 0. The Hall–Kier alpha value is -2.95. The van der Waals surface area contributed by atoms with E-state index in [9.17, 15) is 14.4 Å². The predicted molar refractivity (Wildman–Crippen MR) is 80.5 cm³/mol. The van der Waals surface area contributed by atoms with E-state index in [1.165, 1.54) is 12.0 Å². The Kier molecular flexibility index (Phi) is 3.47. The van der Waals surface area contributed by atoms with E-state index in [0.717, 1.165) is 0 Å². The maximum atomic E-state index is 12.4. The number of amides is 1. The summed E-state index contributed by atoms with van der Waals surface area (Å²) in [6.07, 6.45) is 0. The summed E-state index contributed by atoms with van der Waals surface area (Å²) in [4.78, 5) is 37.5. The average Bonchev–Trinajstić information content (AvgIpc) is 2.80. The smallest absolute Gasteiger partial charge is 0.299 e. The third-order valence-electron chi connectivity index (χ3n) is 3.57. The summed E-state index contributed by atoms with van der Waals surface area (Å²) in [5, 5.41) is 0. The third kappa shape index (κ3) is 2.26. The van der Waals surface area contributed by atoms with E-state index in [2.05, 4.69) is 0 Å². The first-order valence-corrected chi connectivity index (χ1v) is 6.74. The van der Waals surface area contributed by atoms with Crippen molar-refractivity contribution in [3.63, 3.8) is 0 Å². The average molecular weight is 295 g/mol. The van der Waals surface area contributed by atoms with E-state index in [0.29, 0.717) is 22.6 Å². The fourth-order valence-corrected chi connectivity index (χ4v) is 2.44. The van der Waals surface area contributed by atoms with Crippen molar-refractivity contribution in [2.45, 2.75) is 0 Å². The number of ketones is 2. The third-order valence-corrected chi connectivity index (χ3v) is 3.57. The van der Waals surface area contributed by atoms with Gasteiger partial charge in [0.05, 0.1) is 24.9 Å². The largest absolute Gasteiger partial charge is 0.497 e. The molecular weight excluding hydrogens is 282 g/mol. The second-order valence-electron chi connectivity index (χ2n) is 4.89. The molecule has 0 radical (unpaired) electrons. The van der Waals surface area contributed by atoms with Crippen molar-refractivity contribution in [3.8, 4) is 5.75 Å². The number of carbonyl (C=O) groups excluding carboxylic acids is 3. The molecule has 1 amide bonds. The van der Waals surface area contributed by atoms with Crippen LogP contribution in [0.4, 0.5) is 5.69 Å². The van der Waals surface area contributed by atoms with Crippen LogP contribution in [0.2, 0.25) is 0 Å². The van der Waals surface area contributed by atoms with E-state index < -0.39 is 11.7 Å². The van der Waals surface area contributed by atoms with Crippen LogP contribution in [-0.2, 0) is 4.79 Å². The van der Waals surface area contributed by atoms with Crippen molar-refractivity contribution in [2.24, 2.45) is 0 Å². The molecule has 0 unspecified atom stereocenters. The molecule has 0 fully saturated rings. The molecule has 0 aromatic heterocycles. The summed E-state index contributed by atoms with van der Waals surface area (Å²) < 4.78 is 5.08. The Morgan fingerprint density at radius 3 is 2.64 bits per heavy atom. The molecule has 0 saturated heterocycles. The number of para-hydroxylation sites is 1. The molecule has 3 rings (SSSR count). The lowest BCUT2D eigenvalue weighted by atomic mass is 10.1. The molecule has 1 heterocycles. The number of nitrogens with zero attached hydrogens (tertiary/aromatic N) is 1. The molecule has 110 valence electrons. The van der Waals surface area contributed by atoms with Gasteiger partial charge in [0.15, 0.2) is 5.78 Å². The molecule has 0 atom stereocenters. The van der Waals surface area contributed by atoms with Crippen LogP contribution in [0.5, 0.6) is 5.75 Å². The van der Waals surface area contributed by atoms with Gasteiger partial charge in [-0.05, 0) is 24.3 Å². The van der Waals surface area contributed by atoms with Crippen LogP contribution in [0.25, 0.3) is 0 Å². The van der Waals surface area contributed by atoms with Gasteiger partial charge in [0.1, 0.15) is 5.75 Å². The molecule has 2 aromatic rings. The van der Waals surface area contributed by atoms with Crippen LogP contribution in [0.15, 0.2) is 48.5 Å². The quantitative estimate of drug-likeness (QED) is 0.640. The number of fused-ring (bicyclic) bond motifs is 1. The fourth-order valence-electron chi connectivity index (χ4n) is 2.44. The van der Waals surface area contributed by atoms with Gasteiger partial charge in [0.25, 0.3) is 11.7 Å². The fraction of sp³-hybridized carbons (Fsp3) is 0.118. The number of benzene rings is 2. The zero-order valence-corrected chi connectivity index (χ0v) is 11.9. The van der Waals surface area contributed by atoms with Crippen molar-refractivity contribution < 1.29 is 19.1 Å². The summed E-state index contributed by atoms with van der Waals surface area (Å²) >= 11 is 0. The molecule has 0 saturated carbocycles. The highest BCUT2D eigenvalue weighted by molar-refractivity contribution is 6.52. The van der Waals surface area contributed by atoms with Gasteiger partial charge in [0.2, 0.25) is 0 Å². The monoisotopic (exact) mass is 295 g/mol. The standard InChI is InChI=1S/C17H13NO4/c1-22-12-6-4-5-11(9-12)15(19)10-18-14-8-3-2-7-13(14)16(20)17(18)21/h2-9H,10H2,1H3. The Morgan fingerprint density at radius 1 is 1.09 bits per heavy atom. The topological polar surface area (TPSA) is 63.7 Å². The van der Waals surface area contributed by atoms with Crippen LogP contribution in [0.1, 0.15) is 20.7 Å². The molecular formula is C17H13NO4. The second-order valence-corrected chi connectivity index (χ2v) is 4.89. The molecule has 5 heteroatoms. The van der Waals surface area contributed by atoms with E-state index in [4.69, 9.17) is 4.74 Å². The minimum absolute atomic E-state index is 0.172. The molecule has 0 bridgehead atoms. The molecule has 22 heavy (non-hydrogen) atoms.